The molecule has 0 aliphatic carbocycles. The number of aliphatic hydroxyl groups is 1. The summed E-state index contributed by atoms with van der Waals surface area (Å²) in [7, 11) is -4.32. The number of hydrogen-bond donors (Lipinski definition) is 3. The number of imidazole rings is 1. The minimum Gasteiger partial charge on any atom is -0.460 e. The fourth-order valence-electron chi connectivity index (χ4n) is 4.19. The number of para-hydroxylation sites is 1. The number of rotatable bonds is 11. The van der Waals surface area contributed by atoms with Crippen LogP contribution < -0.4 is 15.3 Å². The van der Waals surface area contributed by atoms with Gasteiger partial charge < -0.3 is 24.8 Å². The zero-order chi connectivity index (χ0) is 29.9. The predicted molar refractivity (Wildman–Crippen MR) is 149 cm³/mol. The summed E-state index contributed by atoms with van der Waals surface area (Å²) in [4.78, 5) is 24.6. The number of carbonyl (C=O) groups excluding carboxylic acids is 1. The van der Waals surface area contributed by atoms with Gasteiger partial charge >= 0.3 is 13.7 Å². The topological polar surface area (TPSA) is 173 Å². The molecule has 2 aromatic heterocycles. The number of aliphatic hydroxyl groups excluding tert-OH is 1. The number of alkyl halides is 1. The maximum Gasteiger partial charge on any atom is 0.459 e. The van der Waals surface area contributed by atoms with Gasteiger partial charge in [-0.1, -0.05) is 48.5 Å². The molecule has 6 atom stereocenters. The number of nitrogen functional groups attached to an aromatic ring is 1. The number of hydrogen-bond acceptors (Lipinski definition) is 11. The van der Waals surface area contributed by atoms with E-state index in [-0.39, 0.29) is 34.6 Å². The molecule has 1 fully saturated rings. The quantitative estimate of drug-likeness (QED) is 0.127. The van der Waals surface area contributed by atoms with Crippen molar-refractivity contribution in [3.05, 3.63) is 77.8 Å². The fourth-order valence-corrected chi connectivity index (χ4v) is 5.86. The average molecular weight is 621 g/mol. The Hall–Kier alpha value is -3.65. The van der Waals surface area contributed by atoms with Crippen LogP contribution in [0, 0.1) is 0 Å². The Morgan fingerprint density at radius 1 is 1.21 bits per heavy atom. The van der Waals surface area contributed by atoms with E-state index in [2.05, 4.69) is 20.0 Å². The summed E-state index contributed by atoms with van der Waals surface area (Å²) in [5.41, 5.74) is 6.86. The van der Waals surface area contributed by atoms with Gasteiger partial charge in [0.2, 0.25) is 5.28 Å². The van der Waals surface area contributed by atoms with E-state index >= 15 is 4.39 Å². The summed E-state index contributed by atoms with van der Waals surface area (Å²) in [5.74, 6) is -0.558. The van der Waals surface area contributed by atoms with Crippen LogP contribution in [0.15, 0.2) is 67.0 Å². The van der Waals surface area contributed by atoms with Crippen molar-refractivity contribution in [2.45, 2.75) is 44.2 Å². The molecule has 4 N–H and O–H groups in total. The highest BCUT2D eigenvalue weighted by atomic mass is 35.5. The molecule has 0 radical (unpaired) electrons. The van der Waals surface area contributed by atoms with Crippen molar-refractivity contribution < 1.29 is 37.4 Å². The highest BCUT2D eigenvalue weighted by molar-refractivity contribution is 7.52. The third kappa shape index (κ3) is 6.70. The maximum absolute atomic E-state index is 15.3. The Bertz CT molecular complexity index is 1580. The minimum atomic E-state index is -4.32. The van der Waals surface area contributed by atoms with E-state index < -0.39 is 51.0 Å². The number of nitrogens with one attached hydrogen (secondary N) is 1. The molecule has 0 bridgehead atoms. The molecule has 16 heteroatoms. The zero-order valence-electron chi connectivity index (χ0n) is 22.1. The number of anilines is 1. The Kier molecular flexibility index (Phi) is 9.02. The summed E-state index contributed by atoms with van der Waals surface area (Å²) >= 11 is 5.90. The van der Waals surface area contributed by atoms with E-state index in [9.17, 15) is 14.5 Å². The largest absolute Gasteiger partial charge is 0.460 e. The van der Waals surface area contributed by atoms with Crippen molar-refractivity contribution in [1.82, 2.24) is 24.6 Å². The van der Waals surface area contributed by atoms with Gasteiger partial charge in [0.25, 0.3) is 0 Å². The van der Waals surface area contributed by atoms with Gasteiger partial charge in [0.05, 0.1) is 12.9 Å². The molecule has 4 aromatic rings. The Labute approximate surface area is 244 Å². The van der Waals surface area contributed by atoms with E-state index in [0.717, 1.165) is 5.56 Å². The second-order valence-corrected chi connectivity index (χ2v) is 11.4. The van der Waals surface area contributed by atoms with E-state index in [4.69, 9.17) is 35.9 Å². The van der Waals surface area contributed by atoms with Gasteiger partial charge in [-0.15, -0.1) is 0 Å². The molecule has 2 unspecified atom stereocenters. The lowest BCUT2D eigenvalue weighted by atomic mass is 10.1. The predicted octanol–water partition coefficient (Wildman–Crippen LogP) is 3.58. The van der Waals surface area contributed by atoms with Gasteiger partial charge in [0.1, 0.15) is 36.1 Å². The van der Waals surface area contributed by atoms with Crippen LogP contribution in [0.1, 0.15) is 18.7 Å². The van der Waals surface area contributed by atoms with Gasteiger partial charge in [0.15, 0.2) is 23.9 Å². The maximum atomic E-state index is 15.3. The summed E-state index contributed by atoms with van der Waals surface area (Å²) in [6, 6.07) is 16.0. The normalized spacial score (nSPS) is 22.5. The van der Waals surface area contributed by atoms with E-state index in [1.165, 1.54) is 30.0 Å². The van der Waals surface area contributed by atoms with Crippen molar-refractivity contribution >= 4 is 42.3 Å². The Morgan fingerprint density at radius 2 is 1.90 bits per heavy atom. The van der Waals surface area contributed by atoms with E-state index in [1.807, 2.05) is 6.07 Å². The molecule has 42 heavy (non-hydrogen) atoms. The molecule has 0 saturated carbocycles. The molecule has 5 rings (SSSR count). The molecule has 2 aromatic carbocycles. The molecule has 1 aliphatic heterocycles. The zero-order valence-corrected chi connectivity index (χ0v) is 23.8. The highest BCUT2D eigenvalue weighted by Crippen LogP contribution is 2.46. The van der Waals surface area contributed by atoms with Crippen LogP contribution in [0.25, 0.3) is 11.2 Å². The molecular formula is C26H27ClFN6O7P. The summed E-state index contributed by atoms with van der Waals surface area (Å²) in [6.45, 7) is 0.850. The third-order valence-electron chi connectivity index (χ3n) is 6.30. The number of nitrogens with zero attached hydrogens (tertiary/aromatic N) is 4. The molecule has 0 spiro atoms. The van der Waals surface area contributed by atoms with Crippen molar-refractivity contribution in [3.63, 3.8) is 0 Å². The first-order valence-electron chi connectivity index (χ1n) is 12.7. The average Bonchev–Trinajstić information content (AvgIpc) is 3.52. The lowest BCUT2D eigenvalue weighted by molar-refractivity contribution is -0.146. The van der Waals surface area contributed by atoms with Crippen LogP contribution in [0.4, 0.5) is 10.2 Å². The van der Waals surface area contributed by atoms with Gasteiger partial charge in [-0.25, -0.2) is 13.9 Å². The number of aromatic nitrogens is 4. The van der Waals surface area contributed by atoms with Crippen LogP contribution in [0.3, 0.4) is 0 Å². The molecule has 13 nitrogen and oxygen atoms in total. The van der Waals surface area contributed by atoms with Crippen molar-refractivity contribution in [3.8, 4) is 5.75 Å². The van der Waals surface area contributed by atoms with E-state index in [1.54, 1.807) is 42.5 Å². The number of ether oxygens (including phenoxy) is 2. The van der Waals surface area contributed by atoms with Crippen LogP contribution in [0.5, 0.6) is 5.75 Å². The Balaban J connectivity index is 1.29. The summed E-state index contributed by atoms with van der Waals surface area (Å²) in [5, 5.41) is 13.0. The summed E-state index contributed by atoms with van der Waals surface area (Å²) in [6.07, 6.45) is -5.11. The lowest BCUT2D eigenvalue weighted by Gasteiger charge is -2.24. The second-order valence-electron chi connectivity index (χ2n) is 9.34. The molecule has 0 amide bonds. The van der Waals surface area contributed by atoms with Gasteiger partial charge in [-0.3, -0.25) is 13.9 Å². The monoisotopic (exact) mass is 620 g/mol. The molecule has 3 heterocycles. The number of nitrogens with two attached hydrogens (primary N) is 1. The number of carbonyl (C=O) groups is 1. The smallest absolute Gasteiger partial charge is 0.459 e. The molecule has 222 valence electrons. The number of benzene rings is 2. The molecular weight excluding hydrogens is 594 g/mol. The Morgan fingerprint density at radius 3 is 2.62 bits per heavy atom. The fraction of sp³-hybridized carbons (Fsp3) is 0.308. The number of fused-ring (bicyclic) bond motifs is 1. The van der Waals surface area contributed by atoms with E-state index in [0.29, 0.717) is 0 Å². The molecule has 1 saturated heterocycles. The van der Waals surface area contributed by atoms with Gasteiger partial charge in [-0.05, 0) is 36.2 Å². The van der Waals surface area contributed by atoms with Crippen LogP contribution in [0.2, 0.25) is 5.28 Å². The van der Waals surface area contributed by atoms with Gasteiger partial charge in [-0.2, -0.15) is 15.1 Å². The highest BCUT2D eigenvalue weighted by Gasteiger charge is 2.47. The van der Waals surface area contributed by atoms with Gasteiger partial charge in [0, 0.05) is 0 Å². The minimum absolute atomic E-state index is 0.00247. The first-order valence-corrected chi connectivity index (χ1v) is 14.7. The first kappa shape index (κ1) is 29.8. The second kappa shape index (κ2) is 12.7. The SMILES string of the molecule is C[C@H](NP(=O)(OC[C@H]1O[C@@H](n2cnc3c(N)nc(Cl)nc32)C(F)[C@H]1O)Oc1ccccc1)C(=O)OCc1ccccc1. The van der Waals surface area contributed by atoms with Crippen LogP contribution in [-0.4, -0.2) is 61.6 Å². The summed E-state index contributed by atoms with van der Waals surface area (Å²) < 4.78 is 52.6. The van der Waals surface area contributed by atoms with Crippen molar-refractivity contribution in [2.75, 3.05) is 12.3 Å². The lowest BCUT2D eigenvalue weighted by Crippen LogP contribution is -2.37. The van der Waals surface area contributed by atoms with Crippen LogP contribution in [-0.2, 0) is 30.0 Å². The van der Waals surface area contributed by atoms with Crippen molar-refractivity contribution in [1.29, 1.82) is 0 Å². The molecule has 1 aliphatic rings. The third-order valence-corrected chi connectivity index (χ3v) is 8.11. The number of halogens is 2. The number of esters is 1. The van der Waals surface area contributed by atoms with Crippen LogP contribution >= 0.6 is 19.3 Å². The first-order chi connectivity index (χ1) is 20.1. The van der Waals surface area contributed by atoms with Crippen molar-refractivity contribution in [2.24, 2.45) is 0 Å². The standard InChI is InChI=1S/C26H27ClFN6O7P/c1-15(25(36)38-12-16-8-4-2-5-9-16)33-42(37,41-17-10-6-3-7-11-17)39-13-18-21(35)19(28)24(40-18)34-14-30-20-22(29)31-26(27)32-23(20)34/h2-11,14-15,18-19,21,24,35H,12-13H2,1H3,(H,33,37)(H2,29,31,32)/t15-,18+,19?,21-,24+,42?/m0/s1.